The van der Waals surface area contributed by atoms with Crippen molar-refractivity contribution in [3.05, 3.63) is 64.5 Å². The number of hydrogen-bond donors (Lipinski definition) is 2. The molecule has 0 aliphatic rings. The highest BCUT2D eigenvalue weighted by Crippen LogP contribution is 2.19. The number of carbonyl (C=O) groups excluding carboxylic acids is 2. The van der Waals surface area contributed by atoms with E-state index >= 15 is 0 Å². The predicted octanol–water partition coefficient (Wildman–Crippen LogP) is 2.12. The van der Waals surface area contributed by atoms with E-state index in [0.29, 0.717) is 42.2 Å². The second-order valence-electron chi connectivity index (χ2n) is 7.35. The van der Waals surface area contributed by atoms with Crippen molar-refractivity contribution in [2.24, 2.45) is 0 Å². The Bertz CT molecular complexity index is 1300. The van der Waals surface area contributed by atoms with Crippen LogP contribution in [0.4, 0.5) is 4.39 Å². The van der Waals surface area contributed by atoms with Crippen molar-refractivity contribution in [2.45, 2.75) is 19.4 Å². The number of fused-ring (bicyclic) bond motifs is 1. The van der Waals surface area contributed by atoms with E-state index in [1.54, 1.807) is 31.6 Å². The van der Waals surface area contributed by atoms with Gasteiger partial charge in [-0.2, -0.15) is 10.1 Å². The maximum atomic E-state index is 13.4. The van der Waals surface area contributed by atoms with E-state index < -0.39 is 11.8 Å². The Balaban J connectivity index is 1.24. The number of likely N-dealkylation sites (N-methyl/N-ethyl adjacent to an activating group) is 1. The summed E-state index contributed by atoms with van der Waals surface area (Å²) in [6, 6.07) is 8.06. The third-order valence-electron chi connectivity index (χ3n) is 4.85. The van der Waals surface area contributed by atoms with Crippen molar-refractivity contribution in [3.63, 3.8) is 0 Å². The first-order chi connectivity index (χ1) is 15.9. The second-order valence-corrected chi connectivity index (χ2v) is 8.26. The monoisotopic (exact) mass is 514 g/mol. The molecule has 0 radical (unpaired) electrons. The van der Waals surface area contributed by atoms with Crippen LogP contribution in [0.1, 0.15) is 17.9 Å². The Kier molecular flexibility index (Phi) is 6.73. The van der Waals surface area contributed by atoms with Crippen LogP contribution in [-0.2, 0) is 22.6 Å². The number of rotatable bonds is 7. The SMILES string of the molecule is CN(CCCc1cc(-c2cccc(F)c2)n[nH]1)C(=O)C(=O)NCc1nc2ncc(Br)cn2n1. The zero-order valence-corrected chi connectivity index (χ0v) is 19.2. The number of carbonyl (C=O) groups is 2. The average Bonchev–Trinajstić information content (AvgIpc) is 3.43. The fraction of sp³-hybridized carbons (Fsp3) is 0.238. The number of hydrogen-bond acceptors (Lipinski definition) is 6. The largest absolute Gasteiger partial charge is 0.340 e. The quantitative estimate of drug-likeness (QED) is 0.364. The molecule has 0 aliphatic heterocycles. The molecule has 0 aliphatic carbocycles. The number of nitrogens with one attached hydrogen (secondary N) is 2. The predicted molar refractivity (Wildman–Crippen MR) is 120 cm³/mol. The lowest BCUT2D eigenvalue weighted by Crippen LogP contribution is -2.41. The maximum absolute atomic E-state index is 13.4. The Morgan fingerprint density at radius 3 is 2.97 bits per heavy atom. The number of H-pyrrole nitrogens is 1. The summed E-state index contributed by atoms with van der Waals surface area (Å²) in [5, 5.41) is 13.9. The average molecular weight is 515 g/mol. The summed E-state index contributed by atoms with van der Waals surface area (Å²) in [6.07, 6.45) is 4.53. The molecule has 0 saturated heterocycles. The summed E-state index contributed by atoms with van der Waals surface area (Å²) in [6.45, 7) is 0.390. The number of aryl methyl sites for hydroxylation is 1. The minimum Gasteiger partial charge on any atom is -0.340 e. The van der Waals surface area contributed by atoms with Crippen LogP contribution in [-0.4, -0.2) is 60.1 Å². The van der Waals surface area contributed by atoms with Crippen LogP contribution in [0.15, 0.2) is 47.2 Å². The molecule has 0 fully saturated rings. The molecule has 170 valence electrons. The topological polar surface area (TPSA) is 121 Å². The zero-order valence-electron chi connectivity index (χ0n) is 17.6. The van der Waals surface area contributed by atoms with E-state index in [1.165, 1.54) is 21.5 Å². The first-order valence-corrected chi connectivity index (χ1v) is 10.9. The van der Waals surface area contributed by atoms with Crippen LogP contribution in [0.2, 0.25) is 0 Å². The van der Waals surface area contributed by atoms with Crippen molar-refractivity contribution >= 4 is 33.5 Å². The lowest BCUT2D eigenvalue weighted by atomic mass is 10.1. The summed E-state index contributed by atoms with van der Waals surface area (Å²) in [5.74, 6) is -0.967. The first kappa shape index (κ1) is 22.5. The summed E-state index contributed by atoms with van der Waals surface area (Å²) < 4.78 is 15.6. The number of benzene rings is 1. The van der Waals surface area contributed by atoms with Crippen LogP contribution in [0.25, 0.3) is 17.0 Å². The highest BCUT2D eigenvalue weighted by molar-refractivity contribution is 9.10. The Morgan fingerprint density at radius 1 is 1.30 bits per heavy atom. The smallest absolute Gasteiger partial charge is 0.311 e. The van der Waals surface area contributed by atoms with Crippen molar-refractivity contribution in [3.8, 4) is 11.3 Å². The van der Waals surface area contributed by atoms with Gasteiger partial charge in [0, 0.05) is 37.2 Å². The summed E-state index contributed by atoms with van der Waals surface area (Å²) >= 11 is 3.30. The number of halogens is 2. The number of amides is 2. The lowest BCUT2D eigenvalue weighted by molar-refractivity contribution is -0.145. The van der Waals surface area contributed by atoms with Crippen LogP contribution in [0.5, 0.6) is 0 Å². The van der Waals surface area contributed by atoms with Gasteiger partial charge in [0.25, 0.3) is 5.78 Å². The van der Waals surface area contributed by atoms with E-state index in [1.807, 2.05) is 6.07 Å². The summed E-state index contributed by atoms with van der Waals surface area (Å²) in [4.78, 5) is 34.2. The molecule has 0 atom stereocenters. The number of nitrogens with zero attached hydrogens (tertiary/aromatic N) is 6. The van der Waals surface area contributed by atoms with Crippen molar-refractivity contribution in [1.82, 2.24) is 40.0 Å². The van der Waals surface area contributed by atoms with E-state index in [9.17, 15) is 14.0 Å². The third-order valence-corrected chi connectivity index (χ3v) is 5.25. The molecular formula is C21H20BrFN8O2. The zero-order chi connectivity index (χ0) is 23.4. The molecule has 0 bridgehead atoms. The Labute approximate surface area is 196 Å². The maximum Gasteiger partial charge on any atom is 0.311 e. The molecule has 1 aromatic carbocycles. The Morgan fingerprint density at radius 2 is 2.15 bits per heavy atom. The highest BCUT2D eigenvalue weighted by atomic mass is 79.9. The van der Waals surface area contributed by atoms with Gasteiger partial charge in [-0.15, -0.1) is 5.10 Å². The van der Waals surface area contributed by atoms with Gasteiger partial charge in [-0.25, -0.2) is 13.9 Å². The normalized spacial score (nSPS) is 11.0. The molecule has 4 aromatic rings. The fourth-order valence-corrected chi connectivity index (χ4v) is 3.48. The van der Waals surface area contributed by atoms with Crippen LogP contribution >= 0.6 is 15.9 Å². The fourth-order valence-electron chi connectivity index (χ4n) is 3.18. The van der Waals surface area contributed by atoms with Gasteiger partial charge in [-0.3, -0.25) is 14.7 Å². The lowest BCUT2D eigenvalue weighted by Gasteiger charge is -2.16. The molecule has 12 heteroatoms. The molecular weight excluding hydrogens is 495 g/mol. The molecule has 3 aromatic heterocycles. The minimum absolute atomic E-state index is 0.0103. The molecule has 0 saturated carbocycles. The van der Waals surface area contributed by atoms with Crippen LogP contribution in [0.3, 0.4) is 0 Å². The van der Waals surface area contributed by atoms with Gasteiger partial charge in [0.05, 0.1) is 16.7 Å². The van der Waals surface area contributed by atoms with Crippen molar-refractivity contribution in [2.75, 3.05) is 13.6 Å². The van der Waals surface area contributed by atoms with E-state index in [0.717, 1.165) is 10.2 Å². The van der Waals surface area contributed by atoms with Gasteiger partial charge < -0.3 is 10.2 Å². The summed E-state index contributed by atoms with van der Waals surface area (Å²) in [5.41, 5.74) is 2.19. The van der Waals surface area contributed by atoms with Crippen molar-refractivity contribution < 1.29 is 14.0 Å². The molecule has 0 spiro atoms. The van der Waals surface area contributed by atoms with E-state index in [-0.39, 0.29) is 12.4 Å². The summed E-state index contributed by atoms with van der Waals surface area (Å²) in [7, 11) is 1.57. The van der Waals surface area contributed by atoms with Gasteiger partial charge in [0.2, 0.25) is 0 Å². The van der Waals surface area contributed by atoms with E-state index in [4.69, 9.17) is 0 Å². The number of aromatic nitrogens is 6. The Hall–Kier alpha value is -3.67. The number of aromatic amines is 1. The standard InChI is InChI=1S/C21H20BrFN8O2/c1-30(7-3-6-16-9-17(28-27-16)13-4-2-5-15(23)8-13)20(33)19(32)24-11-18-26-21-25-10-14(22)12-31(21)29-18/h2,4-5,8-10,12H,3,6-7,11H2,1H3,(H,24,32)(H,27,28). The van der Waals surface area contributed by atoms with Crippen LogP contribution in [0, 0.1) is 5.82 Å². The first-order valence-electron chi connectivity index (χ1n) is 10.1. The minimum atomic E-state index is -0.736. The molecule has 2 amide bonds. The van der Waals surface area contributed by atoms with Gasteiger partial charge in [0.15, 0.2) is 5.82 Å². The van der Waals surface area contributed by atoms with Gasteiger partial charge >= 0.3 is 11.8 Å². The van der Waals surface area contributed by atoms with Gasteiger partial charge in [-0.1, -0.05) is 12.1 Å². The van der Waals surface area contributed by atoms with E-state index in [2.05, 4.69) is 46.5 Å². The molecule has 2 N–H and O–H groups in total. The molecule has 0 unspecified atom stereocenters. The van der Waals surface area contributed by atoms with Gasteiger partial charge in [0.1, 0.15) is 5.82 Å². The molecule has 4 rings (SSSR count). The highest BCUT2D eigenvalue weighted by Gasteiger charge is 2.19. The second kappa shape index (κ2) is 9.86. The third kappa shape index (κ3) is 5.58. The molecule has 3 heterocycles. The molecule has 10 nitrogen and oxygen atoms in total. The van der Waals surface area contributed by atoms with Crippen molar-refractivity contribution in [1.29, 1.82) is 0 Å². The van der Waals surface area contributed by atoms with Crippen LogP contribution < -0.4 is 5.32 Å². The molecule has 33 heavy (non-hydrogen) atoms. The van der Waals surface area contributed by atoms with Gasteiger partial charge in [-0.05, 0) is 47.0 Å².